The van der Waals surface area contributed by atoms with Crippen molar-refractivity contribution in [3.63, 3.8) is 0 Å². The van der Waals surface area contributed by atoms with Crippen LogP contribution in [0.5, 0.6) is 0 Å². The van der Waals surface area contributed by atoms with Crippen LogP contribution in [0, 0.1) is 0 Å². The van der Waals surface area contributed by atoms with E-state index < -0.39 is 0 Å². The van der Waals surface area contributed by atoms with E-state index in [1.165, 1.54) is 22.3 Å². The topological polar surface area (TPSA) is 17.1 Å². The van der Waals surface area contributed by atoms with Crippen molar-refractivity contribution < 1.29 is 4.79 Å². The molecule has 1 radical (unpaired) electrons. The van der Waals surface area contributed by atoms with E-state index >= 15 is 0 Å². The maximum atomic E-state index is 9.06. The zero-order valence-corrected chi connectivity index (χ0v) is 4.62. The Morgan fingerprint density at radius 3 is 2.25 bits per heavy atom. The summed E-state index contributed by atoms with van der Waals surface area (Å²) < 4.78 is 0.564. The van der Waals surface area contributed by atoms with Crippen LogP contribution in [0.3, 0.4) is 0 Å². The van der Waals surface area contributed by atoms with Crippen LogP contribution in [-0.4, -0.2) is 28.6 Å². The normalized spacial score (nSPS) is 6.25. The molecule has 0 aromatic carbocycles. The van der Waals surface area contributed by atoms with Crippen molar-refractivity contribution in [3.8, 4) is 0 Å². The molecule has 0 bridgehead atoms. The Morgan fingerprint density at radius 1 is 2.00 bits per heavy atom. The van der Waals surface area contributed by atoms with E-state index in [9.17, 15) is 0 Å². The molecule has 0 heterocycles. The second-order valence-corrected chi connectivity index (χ2v) is 1.20. The summed E-state index contributed by atoms with van der Waals surface area (Å²) >= 11 is 1.47. The molecule has 0 aromatic rings. The Morgan fingerprint density at radius 2 is 2.25 bits per heavy atom. The quantitative estimate of drug-likeness (QED) is 0.481. The SMILES string of the molecule is O=[C]C[TeH]. The molecule has 0 aliphatic rings. The predicted octanol–water partition coefficient (Wildman–Crippen LogP) is -0.585. The van der Waals surface area contributed by atoms with Crippen molar-refractivity contribution in [2.45, 2.75) is 4.47 Å². The fourth-order valence-electron chi connectivity index (χ4n) is 0. The van der Waals surface area contributed by atoms with Gasteiger partial charge in [-0.05, 0) is 0 Å². The summed E-state index contributed by atoms with van der Waals surface area (Å²) in [7, 11) is 0. The molecule has 1 nitrogen and oxygen atoms in total. The summed E-state index contributed by atoms with van der Waals surface area (Å²) in [5, 5.41) is 0. The first-order valence-electron chi connectivity index (χ1n) is 0.874. The molecule has 23 valence electrons. The van der Waals surface area contributed by atoms with Gasteiger partial charge in [0, 0.05) is 0 Å². The van der Waals surface area contributed by atoms with Crippen molar-refractivity contribution >= 4 is 28.6 Å². The van der Waals surface area contributed by atoms with Gasteiger partial charge in [0.2, 0.25) is 0 Å². The molecule has 0 atom stereocenters. The Bertz CT molecular complexity index is 20.0. The average Bonchev–Trinajstić information content (AvgIpc) is 1.37. The van der Waals surface area contributed by atoms with Gasteiger partial charge in [-0.15, -0.1) is 0 Å². The van der Waals surface area contributed by atoms with Gasteiger partial charge in [-0.25, -0.2) is 0 Å². The second kappa shape index (κ2) is 3.46. The molecular formula is C2H3OTe. The van der Waals surface area contributed by atoms with Crippen molar-refractivity contribution in [1.82, 2.24) is 0 Å². The van der Waals surface area contributed by atoms with Crippen LogP contribution >= 0.6 is 0 Å². The van der Waals surface area contributed by atoms with Gasteiger partial charge in [0.15, 0.2) is 0 Å². The first-order chi connectivity index (χ1) is 1.91. The Hall–Kier alpha value is 0.460. The summed E-state index contributed by atoms with van der Waals surface area (Å²) in [6.07, 6.45) is 1.70. The molecule has 0 aromatic heterocycles. The number of rotatable bonds is 1. The van der Waals surface area contributed by atoms with Gasteiger partial charge in [-0.1, -0.05) is 0 Å². The Balaban J connectivity index is 2.30. The van der Waals surface area contributed by atoms with Gasteiger partial charge >= 0.3 is 37.8 Å². The van der Waals surface area contributed by atoms with E-state index in [0.29, 0.717) is 4.47 Å². The van der Waals surface area contributed by atoms with Gasteiger partial charge in [0.05, 0.1) is 0 Å². The number of carbonyl (C=O) groups excluding carboxylic acids is 1. The molecule has 0 saturated heterocycles. The van der Waals surface area contributed by atoms with Crippen molar-refractivity contribution in [3.05, 3.63) is 0 Å². The van der Waals surface area contributed by atoms with Crippen molar-refractivity contribution in [2.75, 3.05) is 0 Å². The number of hydrogen-bond donors (Lipinski definition) is 0. The van der Waals surface area contributed by atoms with E-state index in [0.717, 1.165) is 0 Å². The first-order valence-corrected chi connectivity index (χ1v) is 2.68. The van der Waals surface area contributed by atoms with Crippen LogP contribution in [-0.2, 0) is 4.79 Å². The first kappa shape index (κ1) is 4.46. The van der Waals surface area contributed by atoms with Crippen LogP contribution in [0.2, 0.25) is 4.47 Å². The second-order valence-electron chi connectivity index (χ2n) is 0.302. The zero-order valence-electron chi connectivity index (χ0n) is 2.06. The van der Waals surface area contributed by atoms with Gasteiger partial charge in [0.1, 0.15) is 0 Å². The molecule has 0 amide bonds. The van der Waals surface area contributed by atoms with Gasteiger partial charge in [-0.3, -0.25) is 0 Å². The van der Waals surface area contributed by atoms with Crippen LogP contribution in [0.15, 0.2) is 0 Å². The van der Waals surface area contributed by atoms with E-state index in [1.807, 2.05) is 0 Å². The van der Waals surface area contributed by atoms with E-state index in [2.05, 4.69) is 0 Å². The standard InChI is InChI=1S/C2H3OTe/c3-1-2-4/h4H,2H2. The van der Waals surface area contributed by atoms with Gasteiger partial charge < -0.3 is 0 Å². The Labute approximate surface area is 38.3 Å². The third kappa shape index (κ3) is 2.46. The minimum atomic E-state index is 0.564. The summed E-state index contributed by atoms with van der Waals surface area (Å²) in [5.41, 5.74) is 0. The molecule has 0 fully saturated rings. The molecule has 0 saturated carbocycles. The van der Waals surface area contributed by atoms with Crippen molar-refractivity contribution in [2.24, 2.45) is 0 Å². The molecule has 0 aliphatic carbocycles. The van der Waals surface area contributed by atoms with Crippen LogP contribution in [0.4, 0.5) is 0 Å². The molecule has 0 unspecified atom stereocenters. The summed E-state index contributed by atoms with van der Waals surface area (Å²) in [6, 6.07) is 0. The third-order valence-electron chi connectivity index (χ3n) is 0.0645. The van der Waals surface area contributed by atoms with Crippen LogP contribution in [0.1, 0.15) is 0 Å². The van der Waals surface area contributed by atoms with E-state index in [1.54, 1.807) is 6.29 Å². The molecular weight excluding hydrogens is 168 g/mol. The Kier molecular flexibility index (Phi) is 3.86. The molecule has 0 rings (SSSR count). The molecule has 2 heteroatoms. The van der Waals surface area contributed by atoms with Gasteiger partial charge in [0.25, 0.3) is 0 Å². The van der Waals surface area contributed by atoms with E-state index in [4.69, 9.17) is 4.79 Å². The zero-order chi connectivity index (χ0) is 3.41. The van der Waals surface area contributed by atoms with E-state index in [-0.39, 0.29) is 0 Å². The summed E-state index contributed by atoms with van der Waals surface area (Å²) in [4.78, 5) is 9.06. The number of hydrogen-bond acceptors (Lipinski definition) is 1. The minimum absolute atomic E-state index is 0.564. The third-order valence-corrected chi connectivity index (χ3v) is 0.433. The molecule has 0 spiro atoms. The molecule has 4 heavy (non-hydrogen) atoms. The summed E-state index contributed by atoms with van der Waals surface area (Å²) in [6.45, 7) is 0. The fraction of sp³-hybridized carbons (Fsp3) is 0.500. The average molecular weight is 171 g/mol. The monoisotopic (exact) mass is 173 g/mol. The van der Waals surface area contributed by atoms with Crippen LogP contribution in [0.25, 0.3) is 0 Å². The maximum absolute atomic E-state index is 9.06. The predicted molar refractivity (Wildman–Crippen MR) is 17.6 cm³/mol. The fourth-order valence-corrected chi connectivity index (χ4v) is 0. The molecule has 0 aliphatic heterocycles. The van der Waals surface area contributed by atoms with Gasteiger partial charge in [-0.2, -0.15) is 0 Å². The summed E-state index contributed by atoms with van der Waals surface area (Å²) in [5.74, 6) is 0. The van der Waals surface area contributed by atoms with Crippen LogP contribution < -0.4 is 0 Å². The molecule has 0 N–H and O–H groups in total. The van der Waals surface area contributed by atoms with Crippen molar-refractivity contribution in [1.29, 1.82) is 0 Å².